The third kappa shape index (κ3) is 3.59. The maximum Gasteiger partial charge on any atom is 0.261 e. The highest BCUT2D eigenvalue weighted by molar-refractivity contribution is 7.09. The van der Waals surface area contributed by atoms with Crippen molar-refractivity contribution in [2.24, 2.45) is 0 Å². The highest BCUT2D eigenvalue weighted by Gasteiger charge is 2.33. The van der Waals surface area contributed by atoms with E-state index in [1.807, 2.05) is 41.8 Å². The fraction of sp³-hybridized carbons (Fsp3) is 0.174. The van der Waals surface area contributed by atoms with Crippen molar-refractivity contribution in [1.29, 1.82) is 0 Å². The van der Waals surface area contributed by atoms with Gasteiger partial charge in [-0.05, 0) is 35.7 Å². The molecule has 0 saturated carbocycles. The number of fused-ring (bicyclic) bond motifs is 1. The number of ether oxygens (including phenoxy) is 1. The largest absolute Gasteiger partial charge is 0.496 e. The van der Waals surface area contributed by atoms with E-state index in [9.17, 15) is 14.4 Å². The van der Waals surface area contributed by atoms with Gasteiger partial charge < -0.3 is 9.64 Å². The Morgan fingerprint density at radius 2 is 1.77 bits per heavy atom. The lowest BCUT2D eigenvalue weighted by Crippen LogP contribution is -2.30. The van der Waals surface area contributed by atoms with Crippen molar-refractivity contribution in [3.8, 4) is 5.75 Å². The van der Waals surface area contributed by atoms with Gasteiger partial charge in [-0.1, -0.05) is 24.3 Å². The molecule has 1 aromatic heterocycles. The van der Waals surface area contributed by atoms with E-state index >= 15 is 0 Å². The first-order chi connectivity index (χ1) is 14.5. The van der Waals surface area contributed by atoms with Crippen LogP contribution in [0.5, 0.6) is 5.75 Å². The van der Waals surface area contributed by atoms with Crippen molar-refractivity contribution in [2.45, 2.75) is 13.1 Å². The normalized spacial score (nSPS) is 12.8. The Kier molecular flexibility index (Phi) is 5.37. The van der Waals surface area contributed by atoms with Gasteiger partial charge in [0.25, 0.3) is 17.7 Å². The van der Waals surface area contributed by atoms with Crippen LogP contribution in [0.25, 0.3) is 0 Å². The number of thiophene rings is 1. The van der Waals surface area contributed by atoms with Crippen molar-refractivity contribution in [3.05, 3.63) is 87.1 Å². The SMILES string of the molecule is COc1ccccc1CN(Cc1cccs1)C(=O)c1ccc2c(c1)C(=O)N(C)C2=O. The zero-order valence-electron chi connectivity index (χ0n) is 16.6. The minimum absolute atomic E-state index is 0.216. The third-order valence-corrected chi connectivity index (χ3v) is 5.97. The Morgan fingerprint density at radius 3 is 2.50 bits per heavy atom. The van der Waals surface area contributed by atoms with Gasteiger partial charge in [-0.2, -0.15) is 0 Å². The highest BCUT2D eigenvalue weighted by atomic mass is 32.1. The number of rotatable bonds is 6. The number of methoxy groups -OCH3 is 1. The van der Waals surface area contributed by atoms with Crippen LogP contribution in [0.15, 0.2) is 60.0 Å². The van der Waals surface area contributed by atoms with Crippen LogP contribution in [0.1, 0.15) is 41.5 Å². The Bertz CT molecular complexity index is 1120. The number of amides is 3. The Morgan fingerprint density at radius 1 is 1.00 bits per heavy atom. The van der Waals surface area contributed by atoms with E-state index in [2.05, 4.69) is 0 Å². The Labute approximate surface area is 178 Å². The lowest BCUT2D eigenvalue weighted by atomic mass is 10.0. The van der Waals surface area contributed by atoms with Crippen LogP contribution in [0, 0.1) is 0 Å². The van der Waals surface area contributed by atoms with Crippen LogP contribution in [0.4, 0.5) is 0 Å². The summed E-state index contributed by atoms with van der Waals surface area (Å²) in [6, 6.07) is 16.2. The summed E-state index contributed by atoms with van der Waals surface area (Å²) < 4.78 is 5.44. The van der Waals surface area contributed by atoms with Crippen molar-refractivity contribution in [2.75, 3.05) is 14.2 Å². The molecule has 7 heteroatoms. The Balaban J connectivity index is 1.68. The molecule has 2 heterocycles. The van der Waals surface area contributed by atoms with Gasteiger partial charge >= 0.3 is 0 Å². The third-order valence-electron chi connectivity index (χ3n) is 5.10. The van der Waals surface area contributed by atoms with Crippen molar-refractivity contribution >= 4 is 29.1 Å². The molecule has 0 spiro atoms. The quantitative estimate of drug-likeness (QED) is 0.569. The predicted octanol–water partition coefficient (Wildman–Crippen LogP) is 3.83. The lowest BCUT2D eigenvalue weighted by Gasteiger charge is -2.23. The molecule has 4 rings (SSSR count). The number of carbonyl (C=O) groups is 3. The van der Waals surface area contributed by atoms with E-state index in [0.29, 0.717) is 30.0 Å². The number of imide groups is 1. The van der Waals surface area contributed by atoms with Crippen molar-refractivity contribution < 1.29 is 19.1 Å². The van der Waals surface area contributed by atoms with Crippen LogP contribution in [0.2, 0.25) is 0 Å². The van der Waals surface area contributed by atoms with Gasteiger partial charge in [0.1, 0.15) is 5.75 Å². The summed E-state index contributed by atoms with van der Waals surface area (Å²) in [5, 5.41) is 1.97. The molecule has 3 aromatic rings. The van der Waals surface area contributed by atoms with Crippen LogP contribution in [-0.2, 0) is 13.1 Å². The molecular formula is C23H20N2O4S. The molecule has 0 aliphatic carbocycles. The first-order valence-corrected chi connectivity index (χ1v) is 10.3. The lowest BCUT2D eigenvalue weighted by molar-refractivity contribution is 0.0692. The number of para-hydroxylation sites is 1. The molecule has 2 aromatic carbocycles. The zero-order chi connectivity index (χ0) is 21.3. The molecule has 3 amide bonds. The van der Waals surface area contributed by atoms with Crippen LogP contribution in [-0.4, -0.2) is 41.7 Å². The molecule has 0 fully saturated rings. The summed E-state index contributed by atoms with van der Waals surface area (Å²) in [6.45, 7) is 0.781. The highest BCUT2D eigenvalue weighted by Crippen LogP contribution is 2.26. The predicted molar refractivity (Wildman–Crippen MR) is 114 cm³/mol. The molecule has 30 heavy (non-hydrogen) atoms. The smallest absolute Gasteiger partial charge is 0.261 e. The zero-order valence-corrected chi connectivity index (χ0v) is 17.4. The number of carbonyl (C=O) groups excluding carboxylic acids is 3. The molecule has 1 aliphatic rings. The molecule has 0 N–H and O–H groups in total. The fourth-order valence-electron chi connectivity index (χ4n) is 3.51. The van der Waals surface area contributed by atoms with E-state index in [1.165, 1.54) is 13.1 Å². The minimum Gasteiger partial charge on any atom is -0.496 e. The number of nitrogens with zero attached hydrogens (tertiary/aromatic N) is 2. The molecule has 1 aliphatic heterocycles. The van der Waals surface area contributed by atoms with Gasteiger partial charge in [-0.3, -0.25) is 19.3 Å². The van der Waals surface area contributed by atoms with Gasteiger partial charge in [0, 0.05) is 23.1 Å². The van der Waals surface area contributed by atoms with E-state index < -0.39 is 0 Å². The van der Waals surface area contributed by atoms with Crippen molar-refractivity contribution in [1.82, 2.24) is 9.80 Å². The number of hydrogen-bond donors (Lipinski definition) is 0. The van der Waals surface area contributed by atoms with Gasteiger partial charge in [-0.15, -0.1) is 11.3 Å². The molecule has 0 saturated heterocycles. The van der Waals surface area contributed by atoms with Gasteiger partial charge in [0.05, 0.1) is 31.3 Å². The first-order valence-electron chi connectivity index (χ1n) is 9.39. The molecule has 0 atom stereocenters. The molecule has 0 radical (unpaired) electrons. The van der Waals surface area contributed by atoms with Crippen LogP contribution >= 0.6 is 11.3 Å². The molecule has 0 bridgehead atoms. The van der Waals surface area contributed by atoms with E-state index in [-0.39, 0.29) is 23.3 Å². The second-order valence-electron chi connectivity index (χ2n) is 6.98. The summed E-state index contributed by atoms with van der Waals surface area (Å²) in [6.07, 6.45) is 0. The average Bonchev–Trinajstić information content (AvgIpc) is 3.36. The standard InChI is InChI=1S/C23H20N2O4S/c1-24-22(27)18-10-9-15(12-19(18)23(24)28)21(26)25(14-17-7-5-11-30-17)13-16-6-3-4-8-20(16)29-2/h3-12H,13-14H2,1-2H3. The van der Waals surface area contributed by atoms with E-state index in [1.54, 1.807) is 35.5 Å². The fourth-order valence-corrected chi connectivity index (χ4v) is 4.23. The molecule has 0 unspecified atom stereocenters. The molecular weight excluding hydrogens is 400 g/mol. The van der Waals surface area contributed by atoms with Gasteiger partial charge in [0.15, 0.2) is 0 Å². The maximum absolute atomic E-state index is 13.4. The number of hydrogen-bond acceptors (Lipinski definition) is 5. The molecule has 6 nitrogen and oxygen atoms in total. The maximum atomic E-state index is 13.4. The summed E-state index contributed by atoms with van der Waals surface area (Å²) in [5.41, 5.74) is 1.85. The summed E-state index contributed by atoms with van der Waals surface area (Å²) in [5.74, 6) is -0.248. The monoisotopic (exact) mass is 420 g/mol. The van der Waals surface area contributed by atoms with Crippen LogP contribution in [0.3, 0.4) is 0 Å². The minimum atomic E-state index is -0.390. The topological polar surface area (TPSA) is 66.9 Å². The van der Waals surface area contributed by atoms with Crippen molar-refractivity contribution in [3.63, 3.8) is 0 Å². The Hall–Kier alpha value is -3.45. The van der Waals surface area contributed by atoms with E-state index in [0.717, 1.165) is 15.3 Å². The van der Waals surface area contributed by atoms with Crippen LogP contribution < -0.4 is 4.74 Å². The first kappa shape index (κ1) is 19.8. The number of benzene rings is 2. The van der Waals surface area contributed by atoms with E-state index in [4.69, 9.17) is 4.74 Å². The summed E-state index contributed by atoms with van der Waals surface area (Å²) in [7, 11) is 3.04. The molecule has 152 valence electrons. The second kappa shape index (κ2) is 8.12. The second-order valence-corrected chi connectivity index (χ2v) is 8.01. The summed E-state index contributed by atoms with van der Waals surface area (Å²) in [4.78, 5) is 41.7. The van der Waals surface area contributed by atoms with Gasteiger partial charge in [0.2, 0.25) is 0 Å². The summed E-state index contributed by atoms with van der Waals surface area (Å²) >= 11 is 1.57. The average molecular weight is 420 g/mol. The van der Waals surface area contributed by atoms with Gasteiger partial charge in [-0.25, -0.2) is 0 Å².